The summed E-state index contributed by atoms with van der Waals surface area (Å²) in [6, 6.07) is 0.457. The Hall–Kier alpha value is -0.0600. The highest BCUT2D eigenvalue weighted by atomic mass is 32.2. The van der Waals surface area contributed by atoms with Gasteiger partial charge in [-0.15, -0.1) is 11.3 Å². The Bertz CT molecular complexity index is 237. The van der Waals surface area contributed by atoms with E-state index in [4.69, 9.17) is 0 Å². The molecule has 86 valence electrons. The van der Waals surface area contributed by atoms with Crippen LogP contribution in [-0.4, -0.2) is 23.5 Å². The molecule has 2 nitrogen and oxygen atoms in total. The van der Waals surface area contributed by atoms with Gasteiger partial charge in [0.1, 0.15) is 0 Å². The van der Waals surface area contributed by atoms with Crippen LogP contribution in [0.25, 0.3) is 0 Å². The highest BCUT2D eigenvalue weighted by Gasteiger charge is 2.04. The lowest BCUT2D eigenvalue weighted by molar-refractivity contribution is 0.550. The van der Waals surface area contributed by atoms with Crippen molar-refractivity contribution in [3.63, 3.8) is 0 Å². The molecule has 0 spiro atoms. The van der Waals surface area contributed by atoms with E-state index in [1.807, 2.05) is 23.5 Å². The molecule has 1 aromatic heterocycles. The molecule has 0 aliphatic heterocycles. The van der Waals surface area contributed by atoms with E-state index in [9.17, 15) is 0 Å². The van der Waals surface area contributed by atoms with Crippen LogP contribution in [0.1, 0.15) is 37.1 Å². The maximum absolute atomic E-state index is 4.09. The molecule has 0 saturated heterocycles. The van der Waals surface area contributed by atoms with E-state index in [0.717, 1.165) is 6.54 Å². The summed E-state index contributed by atoms with van der Waals surface area (Å²) < 4.78 is 0. The van der Waals surface area contributed by atoms with Gasteiger partial charge in [0, 0.05) is 17.1 Å². The predicted molar refractivity (Wildman–Crippen MR) is 70.8 cm³/mol. The smallest absolute Gasteiger partial charge is 0.0794 e. The van der Waals surface area contributed by atoms with E-state index in [-0.39, 0.29) is 0 Å². The van der Waals surface area contributed by atoms with Crippen LogP contribution < -0.4 is 5.32 Å². The van der Waals surface area contributed by atoms with Crippen molar-refractivity contribution in [2.24, 2.45) is 0 Å². The normalized spacial score (nSPS) is 12.9. The standard InChI is InChI=1S/C11H20N2S2/c1-10(11-8-12-9-15-11)13-6-4-3-5-7-14-2/h8-10,13H,3-7H2,1-2H3. The van der Waals surface area contributed by atoms with Crippen molar-refractivity contribution >= 4 is 23.1 Å². The Morgan fingerprint density at radius 3 is 3.00 bits per heavy atom. The number of aromatic nitrogens is 1. The first-order chi connectivity index (χ1) is 7.34. The van der Waals surface area contributed by atoms with Gasteiger partial charge in [0.25, 0.3) is 0 Å². The van der Waals surface area contributed by atoms with Crippen molar-refractivity contribution in [3.8, 4) is 0 Å². The van der Waals surface area contributed by atoms with Crippen LogP contribution in [0.4, 0.5) is 0 Å². The first-order valence-corrected chi connectivity index (χ1v) is 7.72. The first kappa shape index (κ1) is 13.0. The molecule has 15 heavy (non-hydrogen) atoms. The number of rotatable bonds is 8. The molecule has 0 amide bonds. The number of nitrogens with one attached hydrogen (secondary N) is 1. The van der Waals surface area contributed by atoms with Gasteiger partial charge in [0.05, 0.1) is 5.51 Å². The summed E-state index contributed by atoms with van der Waals surface area (Å²) in [5.41, 5.74) is 1.89. The van der Waals surface area contributed by atoms with E-state index in [1.165, 1.54) is 29.9 Å². The zero-order chi connectivity index (χ0) is 10.9. The number of thiazole rings is 1. The third kappa shape index (κ3) is 5.54. The minimum absolute atomic E-state index is 0.457. The van der Waals surface area contributed by atoms with Gasteiger partial charge in [-0.05, 0) is 38.3 Å². The van der Waals surface area contributed by atoms with Crippen LogP contribution in [-0.2, 0) is 0 Å². The molecule has 1 atom stereocenters. The van der Waals surface area contributed by atoms with Crippen LogP contribution in [0, 0.1) is 0 Å². The summed E-state index contributed by atoms with van der Waals surface area (Å²) in [6.07, 6.45) is 8.09. The second-order valence-corrected chi connectivity index (χ2v) is 5.54. The molecule has 0 saturated carbocycles. The van der Waals surface area contributed by atoms with Gasteiger partial charge in [0.15, 0.2) is 0 Å². The van der Waals surface area contributed by atoms with Crippen LogP contribution in [0.5, 0.6) is 0 Å². The zero-order valence-corrected chi connectivity index (χ0v) is 11.2. The second kappa shape index (κ2) is 8.13. The number of hydrogen-bond donors (Lipinski definition) is 1. The highest BCUT2D eigenvalue weighted by molar-refractivity contribution is 7.98. The maximum atomic E-state index is 4.09. The molecule has 0 aliphatic carbocycles. The molecule has 1 heterocycles. The van der Waals surface area contributed by atoms with Crippen LogP contribution in [0.15, 0.2) is 11.7 Å². The molecule has 0 aliphatic rings. The van der Waals surface area contributed by atoms with Crippen molar-refractivity contribution in [3.05, 3.63) is 16.6 Å². The monoisotopic (exact) mass is 244 g/mol. The van der Waals surface area contributed by atoms with Gasteiger partial charge in [-0.2, -0.15) is 11.8 Å². The Balaban J connectivity index is 2.00. The molecule has 0 fully saturated rings. The fourth-order valence-electron chi connectivity index (χ4n) is 1.41. The lowest BCUT2D eigenvalue weighted by atomic mass is 10.2. The Morgan fingerprint density at radius 1 is 1.47 bits per heavy atom. The minimum atomic E-state index is 0.457. The summed E-state index contributed by atoms with van der Waals surface area (Å²) in [5, 5.41) is 3.53. The van der Waals surface area contributed by atoms with Crippen molar-refractivity contribution in [2.75, 3.05) is 18.6 Å². The SMILES string of the molecule is CSCCCCCNC(C)c1cncs1. The second-order valence-electron chi connectivity index (χ2n) is 3.63. The molecule has 0 bridgehead atoms. The van der Waals surface area contributed by atoms with Crippen molar-refractivity contribution < 1.29 is 0 Å². The quantitative estimate of drug-likeness (QED) is 0.710. The topological polar surface area (TPSA) is 24.9 Å². The molecule has 4 heteroatoms. The third-order valence-corrected chi connectivity index (χ3v) is 4.01. The van der Waals surface area contributed by atoms with Crippen molar-refractivity contribution in [2.45, 2.75) is 32.2 Å². The first-order valence-electron chi connectivity index (χ1n) is 5.45. The molecule has 1 rings (SSSR count). The number of nitrogens with zero attached hydrogens (tertiary/aromatic N) is 1. The fourth-order valence-corrected chi connectivity index (χ4v) is 2.55. The van der Waals surface area contributed by atoms with Crippen molar-refractivity contribution in [1.82, 2.24) is 10.3 Å². The summed E-state index contributed by atoms with van der Waals surface area (Å²) in [4.78, 5) is 5.42. The molecule has 1 N–H and O–H groups in total. The molecular formula is C11H20N2S2. The van der Waals surface area contributed by atoms with E-state index in [0.29, 0.717) is 6.04 Å². The molecular weight excluding hydrogens is 224 g/mol. The van der Waals surface area contributed by atoms with Crippen molar-refractivity contribution in [1.29, 1.82) is 0 Å². The van der Waals surface area contributed by atoms with Gasteiger partial charge < -0.3 is 5.32 Å². The largest absolute Gasteiger partial charge is 0.309 e. The number of unbranched alkanes of at least 4 members (excludes halogenated alkanes) is 2. The van der Waals surface area contributed by atoms with E-state index in [2.05, 4.69) is 23.5 Å². The van der Waals surface area contributed by atoms with E-state index < -0.39 is 0 Å². The summed E-state index contributed by atoms with van der Waals surface area (Å²) in [5.74, 6) is 1.30. The van der Waals surface area contributed by atoms with E-state index in [1.54, 1.807) is 11.3 Å². The van der Waals surface area contributed by atoms with Crippen LogP contribution in [0.3, 0.4) is 0 Å². The minimum Gasteiger partial charge on any atom is -0.309 e. The maximum Gasteiger partial charge on any atom is 0.0794 e. The average molecular weight is 244 g/mol. The number of thioether (sulfide) groups is 1. The van der Waals surface area contributed by atoms with Gasteiger partial charge in [-0.1, -0.05) is 6.42 Å². The molecule has 1 aromatic rings. The zero-order valence-electron chi connectivity index (χ0n) is 9.53. The highest BCUT2D eigenvalue weighted by Crippen LogP contribution is 2.16. The molecule has 0 aromatic carbocycles. The fraction of sp³-hybridized carbons (Fsp3) is 0.727. The van der Waals surface area contributed by atoms with Gasteiger partial charge in [-0.3, -0.25) is 4.98 Å². The lowest BCUT2D eigenvalue weighted by Gasteiger charge is -2.10. The number of hydrogen-bond acceptors (Lipinski definition) is 4. The summed E-state index contributed by atoms with van der Waals surface area (Å²) >= 11 is 3.66. The van der Waals surface area contributed by atoms with E-state index >= 15 is 0 Å². The molecule has 1 unspecified atom stereocenters. The van der Waals surface area contributed by atoms with Crippen LogP contribution >= 0.6 is 23.1 Å². The average Bonchev–Trinajstić information content (AvgIpc) is 2.76. The summed E-state index contributed by atoms with van der Waals surface area (Å²) in [7, 11) is 0. The Kier molecular flexibility index (Phi) is 7.05. The predicted octanol–water partition coefficient (Wildman–Crippen LogP) is 3.33. The van der Waals surface area contributed by atoms with Gasteiger partial charge in [-0.25, -0.2) is 0 Å². The summed E-state index contributed by atoms with van der Waals surface area (Å²) in [6.45, 7) is 3.32. The molecule has 0 radical (unpaired) electrons. The Morgan fingerprint density at radius 2 is 2.33 bits per heavy atom. The third-order valence-electron chi connectivity index (χ3n) is 2.35. The van der Waals surface area contributed by atoms with Gasteiger partial charge in [0.2, 0.25) is 0 Å². The lowest BCUT2D eigenvalue weighted by Crippen LogP contribution is -2.18. The van der Waals surface area contributed by atoms with Gasteiger partial charge >= 0.3 is 0 Å². The Labute approximate surface area is 101 Å². The van der Waals surface area contributed by atoms with Crippen LogP contribution in [0.2, 0.25) is 0 Å².